The van der Waals surface area contributed by atoms with Crippen molar-refractivity contribution in [3.8, 4) is 0 Å². The standard InChI is InChI=1S/C14H22O4/c1-3-17-13(15)11-9-5-7-10(8-6-9)12(11)14(16)18-4-2/h9-12H,3-8H2,1-2H3/t9?,10?,11-,12-/m0/s1. The predicted octanol–water partition coefficient (Wildman–Crippen LogP) is 2.17. The molecule has 0 aromatic carbocycles. The average molecular weight is 254 g/mol. The monoisotopic (exact) mass is 254 g/mol. The summed E-state index contributed by atoms with van der Waals surface area (Å²) in [5, 5.41) is 0. The molecule has 4 heteroatoms. The van der Waals surface area contributed by atoms with Crippen LogP contribution in [-0.2, 0) is 19.1 Å². The van der Waals surface area contributed by atoms with E-state index in [0.717, 1.165) is 25.7 Å². The van der Waals surface area contributed by atoms with Crippen LogP contribution in [0.5, 0.6) is 0 Å². The first kappa shape index (κ1) is 13.4. The van der Waals surface area contributed by atoms with Crippen LogP contribution in [0.1, 0.15) is 39.5 Å². The fraction of sp³-hybridized carbons (Fsp3) is 0.857. The molecule has 0 spiro atoms. The van der Waals surface area contributed by atoms with Gasteiger partial charge < -0.3 is 9.47 Å². The number of carbonyl (C=O) groups is 2. The van der Waals surface area contributed by atoms with Gasteiger partial charge in [0.1, 0.15) is 0 Å². The summed E-state index contributed by atoms with van der Waals surface area (Å²) in [5.74, 6) is -0.324. The van der Waals surface area contributed by atoms with E-state index in [-0.39, 0.29) is 23.8 Å². The lowest BCUT2D eigenvalue weighted by molar-refractivity contribution is -0.172. The number of carbonyl (C=O) groups excluding carboxylic acids is 2. The van der Waals surface area contributed by atoms with Crippen molar-refractivity contribution in [2.45, 2.75) is 39.5 Å². The smallest absolute Gasteiger partial charge is 0.310 e. The van der Waals surface area contributed by atoms with Crippen LogP contribution in [0, 0.1) is 23.7 Å². The topological polar surface area (TPSA) is 52.6 Å². The first-order valence-electron chi connectivity index (χ1n) is 7.02. The molecular weight excluding hydrogens is 232 g/mol. The van der Waals surface area contributed by atoms with Crippen LogP contribution in [0.2, 0.25) is 0 Å². The molecule has 3 aliphatic carbocycles. The van der Waals surface area contributed by atoms with Gasteiger partial charge >= 0.3 is 11.9 Å². The van der Waals surface area contributed by atoms with Gasteiger partial charge in [-0.25, -0.2) is 0 Å². The van der Waals surface area contributed by atoms with Gasteiger partial charge in [-0.3, -0.25) is 9.59 Å². The molecule has 0 aromatic rings. The van der Waals surface area contributed by atoms with Gasteiger partial charge in [0.15, 0.2) is 0 Å². The van der Waals surface area contributed by atoms with Crippen molar-refractivity contribution in [2.24, 2.45) is 23.7 Å². The number of fused-ring (bicyclic) bond motifs is 3. The zero-order valence-electron chi connectivity index (χ0n) is 11.2. The summed E-state index contributed by atoms with van der Waals surface area (Å²) in [6.45, 7) is 4.36. The second-order valence-electron chi connectivity index (χ2n) is 5.23. The maximum absolute atomic E-state index is 12.1. The van der Waals surface area contributed by atoms with Crippen molar-refractivity contribution in [2.75, 3.05) is 13.2 Å². The van der Waals surface area contributed by atoms with Crippen LogP contribution in [0.15, 0.2) is 0 Å². The molecule has 2 atom stereocenters. The summed E-state index contributed by atoms with van der Waals surface area (Å²) in [4.78, 5) is 24.2. The molecule has 0 heterocycles. The molecule has 0 unspecified atom stereocenters. The van der Waals surface area contributed by atoms with Crippen molar-refractivity contribution in [3.63, 3.8) is 0 Å². The Morgan fingerprint density at radius 3 is 1.44 bits per heavy atom. The summed E-state index contributed by atoms with van der Waals surface area (Å²) in [7, 11) is 0. The highest BCUT2D eigenvalue weighted by Gasteiger charge is 2.51. The van der Waals surface area contributed by atoms with Crippen LogP contribution in [-0.4, -0.2) is 25.2 Å². The minimum Gasteiger partial charge on any atom is -0.466 e. The Morgan fingerprint density at radius 2 is 1.17 bits per heavy atom. The van der Waals surface area contributed by atoms with E-state index in [9.17, 15) is 9.59 Å². The largest absolute Gasteiger partial charge is 0.466 e. The summed E-state index contributed by atoms with van der Waals surface area (Å²) >= 11 is 0. The van der Waals surface area contributed by atoms with Gasteiger partial charge in [-0.1, -0.05) is 0 Å². The Bertz CT molecular complexity index is 286. The number of hydrogen-bond donors (Lipinski definition) is 0. The third-order valence-corrected chi connectivity index (χ3v) is 4.34. The highest BCUT2D eigenvalue weighted by Crippen LogP contribution is 2.49. The van der Waals surface area contributed by atoms with Crippen LogP contribution in [0.25, 0.3) is 0 Å². The molecule has 0 aliphatic heterocycles. The fourth-order valence-electron chi connectivity index (χ4n) is 3.60. The molecule has 2 bridgehead atoms. The predicted molar refractivity (Wildman–Crippen MR) is 65.7 cm³/mol. The highest BCUT2D eigenvalue weighted by molar-refractivity contribution is 5.83. The van der Waals surface area contributed by atoms with E-state index >= 15 is 0 Å². The Morgan fingerprint density at radius 1 is 0.833 bits per heavy atom. The molecule has 0 N–H and O–H groups in total. The van der Waals surface area contributed by atoms with Crippen molar-refractivity contribution >= 4 is 11.9 Å². The maximum atomic E-state index is 12.1. The maximum Gasteiger partial charge on any atom is 0.310 e. The van der Waals surface area contributed by atoms with Gasteiger partial charge in [0.05, 0.1) is 25.0 Å². The average Bonchev–Trinajstić information content (AvgIpc) is 2.39. The van der Waals surface area contributed by atoms with Crippen LogP contribution >= 0.6 is 0 Å². The van der Waals surface area contributed by atoms with Gasteiger partial charge in [-0.2, -0.15) is 0 Å². The lowest BCUT2D eigenvalue weighted by atomic mass is 9.58. The van der Waals surface area contributed by atoms with E-state index in [1.165, 1.54) is 0 Å². The van der Waals surface area contributed by atoms with Gasteiger partial charge in [0.2, 0.25) is 0 Å². The van der Waals surface area contributed by atoms with E-state index in [2.05, 4.69) is 0 Å². The number of rotatable bonds is 4. The molecule has 0 aromatic heterocycles. The zero-order chi connectivity index (χ0) is 13.1. The van der Waals surface area contributed by atoms with Gasteiger partial charge in [0.25, 0.3) is 0 Å². The minimum atomic E-state index is -0.267. The normalized spacial score (nSPS) is 34.1. The van der Waals surface area contributed by atoms with E-state index in [1.54, 1.807) is 13.8 Å². The Hall–Kier alpha value is -1.06. The molecule has 3 fully saturated rings. The van der Waals surface area contributed by atoms with E-state index in [1.807, 2.05) is 0 Å². The van der Waals surface area contributed by atoms with Crippen molar-refractivity contribution in [1.29, 1.82) is 0 Å². The van der Waals surface area contributed by atoms with Gasteiger partial charge in [0, 0.05) is 0 Å². The molecule has 102 valence electrons. The molecule has 0 radical (unpaired) electrons. The van der Waals surface area contributed by atoms with Gasteiger partial charge in [-0.05, 0) is 51.4 Å². The molecule has 3 saturated carbocycles. The zero-order valence-corrected chi connectivity index (χ0v) is 11.2. The lowest BCUT2D eigenvalue weighted by Crippen LogP contribution is -2.48. The quantitative estimate of drug-likeness (QED) is 0.721. The Kier molecular flexibility index (Phi) is 4.25. The molecule has 0 saturated heterocycles. The Labute approximate surface area is 108 Å². The SMILES string of the molecule is CCOC(=O)[C@H]1C2CCC(CC2)[C@@H]1C(=O)OCC. The second-order valence-corrected chi connectivity index (χ2v) is 5.23. The van der Waals surface area contributed by atoms with Gasteiger partial charge in [-0.15, -0.1) is 0 Å². The molecule has 4 nitrogen and oxygen atoms in total. The lowest BCUT2D eigenvalue weighted by Gasteiger charge is -2.45. The fourth-order valence-corrected chi connectivity index (χ4v) is 3.60. The Balaban J connectivity index is 2.16. The van der Waals surface area contributed by atoms with Crippen molar-refractivity contribution in [3.05, 3.63) is 0 Å². The molecular formula is C14H22O4. The first-order valence-corrected chi connectivity index (χ1v) is 7.02. The molecule has 0 amide bonds. The van der Waals surface area contributed by atoms with E-state index < -0.39 is 0 Å². The number of hydrogen-bond acceptors (Lipinski definition) is 4. The van der Waals surface area contributed by atoms with E-state index in [4.69, 9.17) is 9.47 Å². The summed E-state index contributed by atoms with van der Waals surface area (Å²) < 4.78 is 10.3. The van der Waals surface area contributed by atoms with Crippen LogP contribution in [0.3, 0.4) is 0 Å². The molecule has 3 rings (SSSR count). The van der Waals surface area contributed by atoms with Crippen molar-refractivity contribution in [1.82, 2.24) is 0 Å². The second kappa shape index (κ2) is 5.72. The van der Waals surface area contributed by atoms with Crippen LogP contribution in [0.4, 0.5) is 0 Å². The van der Waals surface area contributed by atoms with E-state index in [0.29, 0.717) is 25.0 Å². The third-order valence-electron chi connectivity index (χ3n) is 4.34. The number of esters is 2. The summed E-state index contributed by atoms with van der Waals surface area (Å²) in [6.07, 6.45) is 4.18. The van der Waals surface area contributed by atoms with Crippen molar-refractivity contribution < 1.29 is 19.1 Å². The summed E-state index contributed by atoms with van der Waals surface area (Å²) in [6, 6.07) is 0. The minimum absolute atomic E-state index is 0.204. The first-order chi connectivity index (χ1) is 8.69. The van der Waals surface area contributed by atoms with Crippen LogP contribution < -0.4 is 0 Å². The third kappa shape index (κ3) is 2.38. The highest BCUT2D eigenvalue weighted by atomic mass is 16.5. The number of ether oxygens (including phenoxy) is 2. The molecule has 18 heavy (non-hydrogen) atoms. The summed E-state index contributed by atoms with van der Waals surface area (Å²) in [5.41, 5.74) is 0. The molecule has 3 aliphatic rings.